The van der Waals surface area contributed by atoms with Crippen LogP contribution >= 0.6 is 11.3 Å². The lowest BCUT2D eigenvalue weighted by atomic mass is 10.4. The zero-order valence-corrected chi connectivity index (χ0v) is 9.71. The lowest BCUT2D eigenvalue weighted by molar-refractivity contribution is 0.152. The molecule has 0 saturated heterocycles. The molecular formula is C9H15N3O2S. The Labute approximate surface area is 92.8 Å². The van der Waals surface area contributed by atoms with Crippen molar-refractivity contribution in [3.8, 4) is 0 Å². The van der Waals surface area contributed by atoms with Crippen molar-refractivity contribution in [1.82, 2.24) is 4.98 Å². The van der Waals surface area contributed by atoms with Gasteiger partial charge in [-0.2, -0.15) is 5.01 Å². The number of hydrogen-bond donors (Lipinski definition) is 1. The molecule has 0 saturated carbocycles. The smallest absolute Gasteiger partial charge is 0.430 e. The number of hydrogen-bond acceptors (Lipinski definition) is 5. The fourth-order valence-corrected chi connectivity index (χ4v) is 1.62. The molecule has 1 rings (SSSR count). The van der Waals surface area contributed by atoms with Crippen molar-refractivity contribution in [3.05, 3.63) is 11.1 Å². The van der Waals surface area contributed by atoms with Crippen molar-refractivity contribution < 1.29 is 9.53 Å². The molecule has 0 radical (unpaired) electrons. The van der Waals surface area contributed by atoms with Crippen molar-refractivity contribution in [3.63, 3.8) is 0 Å². The molecule has 1 aromatic rings. The monoisotopic (exact) mass is 229 g/mol. The first-order valence-electron chi connectivity index (χ1n) is 4.79. The molecule has 0 spiro atoms. The van der Waals surface area contributed by atoms with E-state index < -0.39 is 6.09 Å². The summed E-state index contributed by atoms with van der Waals surface area (Å²) in [7, 11) is 0. The number of carbonyl (C=O) groups excluding carboxylic acids is 1. The minimum Gasteiger partial charge on any atom is -0.448 e. The Kier molecular flexibility index (Phi) is 4.51. The van der Waals surface area contributed by atoms with E-state index in [1.807, 2.05) is 19.2 Å². The molecule has 0 aromatic carbocycles. The Morgan fingerprint density at radius 3 is 3.00 bits per heavy atom. The minimum absolute atomic E-state index is 0.396. The van der Waals surface area contributed by atoms with Gasteiger partial charge in [-0.25, -0.2) is 15.6 Å². The molecule has 0 aliphatic rings. The zero-order chi connectivity index (χ0) is 11.3. The normalized spacial score (nSPS) is 10.1. The van der Waals surface area contributed by atoms with Crippen LogP contribution in [0.2, 0.25) is 0 Å². The summed E-state index contributed by atoms with van der Waals surface area (Å²) in [5, 5.41) is 3.22. The van der Waals surface area contributed by atoms with Gasteiger partial charge in [-0.15, -0.1) is 11.3 Å². The van der Waals surface area contributed by atoms with E-state index in [0.29, 0.717) is 11.7 Å². The van der Waals surface area contributed by atoms with Gasteiger partial charge in [-0.1, -0.05) is 13.3 Å². The highest BCUT2D eigenvalue weighted by Crippen LogP contribution is 2.17. The number of nitrogens with zero attached hydrogens (tertiary/aromatic N) is 2. The van der Waals surface area contributed by atoms with Gasteiger partial charge in [0, 0.05) is 5.38 Å². The number of unbranched alkanes of at least 4 members (excludes halogenated alkanes) is 1. The predicted molar refractivity (Wildman–Crippen MR) is 59.8 cm³/mol. The summed E-state index contributed by atoms with van der Waals surface area (Å²) in [5.74, 6) is 5.54. The van der Waals surface area contributed by atoms with Gasteiger partial charge >= 0.3 is 6.09 Å². The van der Waals surface area contributed by atoms with Crippen LogP contribution in [0.4, 0.5) is 9.93 Å². The van der Waals surface area contributed by atoms with E-state index >= 15 is 0 Å². The summed E-state index contributed by atoms with van der Waals surface area (Å²) < 4.78 is 4.94. The third-order valence-electron chi connectivity index (χ3n) is 1.73. The summed E-state index contributed by atoms with van der Waals surface area (Å²) >= 11 is 1.31. The van der Waals surface area contributed by atoms with Crippen LogP contribution in [-0.2, 0) is 4.74 Å². The maximum absolute atomic E-state index is 11.4. The molecule has 1 amide bonds. The summed E-state index contributed by atoms with van der Waals surface area (Å²) in [5.41, 5.74) is 0.840. The minimum atomic E-state index is -0.558. The van der Waals surface area contributed by atoms with Crippen LogP contribution in [0, 0.1) is 6.92 Å². The first-order chi connectivity index (χ1) is 7.15. The van der Waals surface area contributed by atoms with E-state index in [4.69, 9.17) is 10.6 Å². The van der Waals surface area contributed by atoms with Gasteiger partial charge in [-0.05, 0) is 13.3 Å². The molecule has 1 aromatic heterocycles. The highest BCUT2D eigenvalue weighted by molar-refractivity contribution is 7.13. The number of thiazole rings is 1. The number of aryl methyl sites for hydroxylation is 1. The molecule has 0 aliphatic heterocycles. The van der Waals surface area contributed by atoms with Crippen molar-refractivity contribution in [2.24, 2.45) is 5.84 Å². The molecule has 0 aliphatic carbocycles. The SMILES string of the molecule is CCCCOC(=O)N(N)c1nc(C)cs1. The third-order valence-corrected chi connectivity index (χ3v) is 2.69. The van der Waals surface area contributed by atoms with Gasteiger partial charge in [0.2, 0.25) is 5.13 Å². The first kappa shape index (κ1) is 11.9. The second kappa shape index (κ2) is 5.67. The topological polar surface area (TPSA) is 68.5 Å². The number of rotatable bonds is 4. The van der Waals surface area contributed by atoms with E-state index in [9.17, 15) is 4.79 Å². The van der Waals surface area contributed by atoms with Crippen LogP contribution in [0.25, 0.3) is 0 Å². The van der Waals surface area contributed by atoms with Crippen LogP contribution in [0.3, 0.4) is 0 Å². The molecule has 5 nitrogen and oxygen atoms in total. The highest BCUT2D eigenvalue weighted by atomic mass is 32.1. The van der Waals surface area contributed by atoms with E-state index in [1.165, 1.54) is 11.3 Å². The molecule has 0 unspecified atom stereocenters. The lowest BCUT2D eigenvalue weighted by Crippen LogP contribution is -2.38. The van der Waals surface area contributed by atoms with Crippen LogP contribution in [0.5, 0.6) is 0 Å². The van der Waals surface area contributed by atoms with Crippen molar-refractivity contribution in [2.75, 3.05) is 11.6 Å². The van der Waals surface area contributed by atoms with Crippen LogP contribution in [0.15, 0.2) is 5.38 Å². The number of ether oxygens (including phenoxy) is 1. The largest absolute Gasteiger partial charge is 0.448 e. The average molecular weight is 229 g/mol. The number of aromatic nitrogens is 1. The number of hydrazine groups is 1. The van der Waals surface area contributed by atoms with Crippen LogP contribution < -0.4 is 10.9 Å². The standard InChI is InChI=1S/C9H15N3O2S/c1-3-4-5-14-9(13)12(10)8-11-7(2)6-15-8/h6H,3-5,10H2,1-2H3. The molecule has 0 bridgehead atoms. The fourth-order valence-electron chi connectivity index (χ4n) is 0.904. The Hall–Kier alpha value is -1.14. The maximum atomic E-state index is 11.4. The maximum Gasteiger partial charge on any atom is 0.430 e. The summed E-state index contributed by atoms with van der Waals surface area (Å²) in [6.45, 7) is 4.27. The second-order valence-corrected chi connectivity index (χ2v) is 3.95. The van der Waals surface area contributed by atoms with E-state index in [0.717, 1.165) is 23.5 Å². The van der Waals surface area contributed by atoms with E-state index in [-0.39, 0.29) is 0 Å². The molecule has 15 heavy (non-hydrogen) atoms. The Morgan fingerprint density at radius 1 is 1.73 bits per heavy atom. The average Bonchev–Trinajstić information content (AvgIpc) is 2.64. The summed E-state index contributed by atoms with van der Waals surface area (Å²) in [4.78, 5) is 15.5. The van der Waals surface area contributed by atoms with E-state index in [2.05, 4.69) is 4.98 Å². The molecule has 6 heteroatoms. The molecule has 0 atom stereocenters. The first-order valence-corrected chi connectivity index (χ1v) is 5.66. The highest BCUT2D eigenvalue weighted by Gasteiger charge is 2.15. The van der Waals surface area contributed by atoms with Crippen LogP contribution in [-0.4, -0.2) is 17.7 Å². The van der Waals surface area contributed by atoms with E-state index in [1.54, 1.807) is 0 Å². The molecule has 2 N–H and O–H groups in total. The Morgan fingerprint density at radius 2 is 2.47 bits per heavy atom. The van der Waals surface area contributed by atoms with Crippen molar-refractivity contribution in [2.45, 2.75) is 26.7 Å². The second-order valence-electron chi connectivity index (χ2n) is 3.11. The Bertz CT molecular complexity index is 327. The summed E-state index contributed by atoms with van der Waals surface area (Å²) in [6.07, 6.45) is 1.27. The van der Waals surface area contributed by atoms with Gasteiger partial charge in [0.15, 0.2) is 0 Å². The van der Waals surface area contributed by atoms with Gasteiger partial charge in [0.1, 0.15) is 0 Å². The zero-order valence-electron chi connectivity index (χ0n) is 8.90. The van der Waals surface area contributed by atoms with Crippen molar-refractivity contribution in [1.29, 1.82) is 0 Å². The summed E-state index contributed by atoms with van der Waals surface area (Å²) in [6, 6.07) is 0. The fraction of sp³-hybridized carbons (Fsp3) is 0.556. The number of amides is 1. The molecule has 1 heterocycles. The van der Waals surface area contributed by atoms with Gasteiger partial charge in [-0.3, -0.25) is 0 Å². The Balaban J connectivity index is 2.46. The van der Waals surface area contributed by atoms with Gasteiger partial charge in [0.05, 0.1) is 12.3 Å². The number of carbonyl (C=O) groups is 1. The predicted octanol–water partition coefficient (Wildman–Crippen LogP) is 2.07. The van der Waals surface area contributed by atoms with Crippen molar-refractivity contribution >= 4 is 22.6 Å². The quantitative estimate of drug-likeness (QED) is 0.371. The molecular weight excluding hydrogens is 214 g/mol. The van der Waals surface area contributed by atoms with Crippen LogP contribution in [0.1, 0.15) is 25.5 Å². The lowest BCUT2D eigenvalue weighted by Gasteiger charge is -2.12. The van der Waals surface area contributed by atoms with Gasteiger partial charge in [0.25, 0.3) is 0 Å². The third kappa shape index (κ3) is 3.49. The van der Waals surface area contributed by atoms with Gasteiger partial charge < -0.3 is 4.74 Å². The molecule has 84 valence electrons. The number of nitrogens with two attached hydrogens (primary N) is 1. The molecule has 0 fully saturated rings. The number of anilines is 1.